The Bertz CT molecular complexity index is 1800. The fraction of sp³-hybridized carbons (Fsp3) is 0.350. The van der Waals surface area contributed by atoms with Crippen LogP contribution in [-0.4, -0.2) is 85.7 Å². The highest BCUT2D eigenvalue weighted by molar-refractivity contribution is 6.87. The van der Waals surface area contributed by atoms with Crippen LogP contribution in [0.15, 0.2) is 120 Å². The van der Waals surface area contributed by atoms with Crippen LogP contribution >= 0.6 is 0 Å². The first-order valence-electron chi connectivity index (χ1n) is 17.4. The van der Waals surface area contributed by atoms with Gasteiger partial charge < -0.3 is 24.1 Å². The highest BCUT2D eigenvalue weighted by Crippen LogP contribution is 2.42. The van der Waals surface area contributed by atoms with E-state index in [1.54, 1.807) is 24.3 Å². The van der Waals surface area contributed by atoms with Gasteiger partial charge in [-0.3, -0.25) is 14.5 Å². The number of imide groups is 1. The number of azide groups is 1. The van der Waals surface area contributed by atoms with Gasteiger partial charge in [0.2, 0.25) is 0 Å². The van der Waals surface area contributed by atoms with E-state index in [2.05, 4.69) is 10.0 Å². The molecule has 0 spiro atoms. The third kappa shape index (κ3) is 7.89. The largest absolute Gasteiger partial charge is 0.388 e. The monoisotopic (exact) mass is 719 g/mol. The number of benzene rings is 4. The maximum absolute atomic E-state index is 14.6. The fourth-order valence-electron chi connectivity index (χ4n) is 6.76. The van der Waals surface area contributed by atoms with E-state index in [0.29, 0.717) is 6.42 Å². The number of amides is 2. The van der Waals surface area contributed by atoms with Crippen LogP contribution in [-0.2, 0) is 25.6 Å². The molecule has 11 nitrogen and oxygen atoms in total. The predicted molar refractivity (Wildman–Crippen MR) is 198 cm³/mol. The summed E-state index contributed by atoms with van der Waals surface area (Å²) in [6, 6.07) is 34.4. The van der Waals surface area contributed by atoms with Gasteiger partial charge >= 0.3 is 0 Å². The molecule has 269 valence electrons. The number of carbonyl (C=O) groups is 2. The van der Waals surface area contributed by atoms with Crippen molar-refractivity contribution in [3.63, 3.8) is 0 Å². The molecule has 1 N–H and O–H groups in total. The van der Waals surface area contributed by atoms with Gasteiger partial charge in [-0.25, -0.2) is 0 Å². The lowest BCUT2D eigenvalue weighted by atomic mass is 9.94. The number of hydrogen-bond donors (Lipinski definition) is 1. The number of fused-ring (bicyclic) bond motifs is 1. The zero-order chi connectivity index (χ0) is 36.7. The minimum Gasteiger partial charge on any atom is -0.388 e. The van der Waals surface area contributed by atoms with Gasteiger partial charge in [0, 0.05) is 18.1 Å². The molecule has 6 rings (SSSR count). The first kappa shape index (κ1) is 37.1. The molecule has 12 heteroatoms. The second-order valence-corrected chi connectivity index (χ2v) is 16.3. The van der Waals surface area contributed by atoms with E-state index in [-0.39, 0.29) is 37.5 Å². The van der Waals surface area contributed by atoms with Crippen molar-refractivity contribution in [1.82, 2.24) is 4.90 Å². The second-order valence-electron chi connectivity index (χ2n) is 13.7. The van der Waals surface area contributed by atoms with Crippen LogP contribution in [0.25, 0.3) is 10.4 Å². The fourth-order valence-corrected chi connectivity index (χ4v) is 10.1. The maximum Gasteiger partial charge on any atom is 0.262 e. The Morgan fingerprint density at radius 1 is 0.865 bits per heavy atom. The number of aliphatic hydroxyl groups is 1. The molecule has 0 unspecified atom stereocenters. The van der Waals surface area contributed by atoms with E-state index in [1.807, 2.05) is 112 Å². The molecule has 52 heavy (non-hydrogen) atoms. The van der Waals surface area contributed by atoms with Crippen LogP contribution in [0.1, 0.15) is 53.5 Å². The Morgan fingerprint density at radius 2 is 1.40 bits per heavy atom. The van der Waals surface area contributed by atoms with E-state index in [9.17, 15) is 14.7 Å². The summed E-state index contributed by atoms with van der Waals surface area (Å²) in [4.78, 5) is 33.2. The Morgan fingerprint density at radius 3 is 1.94 bits per heavy atom. The molecular formula is C40H43N4O7Si. The molecule has 0 saturated carbocycles. The van der Waals surface area contributed by atoms with Gasteiger partial charge in [0.15, 0.2) is 14.2 Å². The molecule has 4 aromatic carbocycles. The molecule has 2 amide bonds. The third-order valence-electron chi connectivity index (χ3n) is 9.07. The summed E-state index contributed by atoms with van der Waals surface area (Å²) < 4.78 is 27.2. The minimum atomic E-state index is -2.33. The number of nitrogens with zero attached hydrogens (tertiary/aromatic N) is 4. The van der Waals surface area contributed by atoms with Crippen molar-refractivity contribution in [2.45, 2.75) is 69.2 Å². The SMILES string of the molecule is CC(C)(C)OC[C@H]1O[C@](OCCCN=[N+]=[N-])([Si](c2ccccc2)c2ccccc2)[C@H](N2C(=O)c3ccccc3C2=O)[C@@H](OCc2ccccc2)[C@@H]1O. The summed E-state index contributed by atoms with van der Waals surface area (Å²) in [6.07, 6.45) is -3.22. The van der Waals surface area contributed by atoms with Gasteiger partial charge in [0.25, 0.3) is 11.8 Å². The highest BCUT2D eigenvalue weighted by atomic mass is 28.3. The van der Waals surface area contributed by atoms with E-state index in [0.717, 1.165) is 15.9 Å². The molecule has 1 saturated heterocycles. The molecule has 2 aliphatic heterocycles. The van der Waals surface area contributed by atoms with Crippen LogP contribution in [0.4, 0.5) is 0 Å². The first-order valence-corrected chi connectivity index (χ1v) is 18.9. The lowest BCUT2D eigenvalue weighted by Crippen LogP contribution is -2.80. The molecule has 2 aliphatic rings. The lowest BCUT2D eigenvalue weighted by Gasteiger charge is -2.56. The maximum atomic E-state index is 14.6. The molecule has 1 fully saturated rings. The molecule has 1 radical (unpaired) electrons. The summed E-state index contributed by atoms with van der Waals surface area (Å²) >= 11 is 0. The van der Waals surface area contributed by atoms with Crippen molar-refractivity contribution in [2.75, 3.05) is 19.8 Å². The quantitative estimate of drug-likeness (QED) is 0.0479. The third-order valence-corrected chi connectivity index (χ3v) is 12.1. The van der Waals surface area contributed by atoms with Crippen LogP contribution in [0.2, 0.25) is 0 Å². The number of rotatable bonds is 14. The first-order chi connectivity index (χ1) is 25.1. The molecule has 5 atom stereocenters. The van der Waals surface area contributed by atoms with Crippen LogP contribution in [0.5, 0.6) is 0 Å². The summed E-state index contributed by atoms with van der Waals surface area (Å²) in [5.74, 6) is -1.08. The average Bonchev–Trinajstić information content (AvgIpc) is 3.40. The molecule has 4 aromatic rings. The van der Waals surface area contributed by atoms with Crippen molar-refractivity contribution in [3.8, 4) is 0 Å². The molecular weight excluding hydrogens is 677 g/mol. The van der Waals surface area contributed by atoms with Crippen LogP contribution in [0.3, 0.4) is 0 Å². The van der Waals surface area contributed by atoms with Gasteiger partial charge in [0.1, 0.15) is 24.4 Å². The Kier molecular flexibility index (Phi) is 11.7. The summed E-state index contributed by atoms with van der Waals surface area (Å²) in [7, 11) is -2.33. The number of carbonyl (C=O) groups excluding carboxylic acids is 2. The van der Waals surface area contributed by atoms with Crippen LogP contribution < -0.4 is 10.4 Å². The number of ether oxygens (including phenoxy) is 4. The van der Waals surface area contributed by atoms with Gasteiger partial charge in [-0.15, -0.1) is 0 Å². The van der Waals surface area contributed by atoms with Crippen molar-refractivity contribution < 1.29 is 33.6 Å². The van der Waals surface area contributed by atoms with Crippen molar-refractivity contribution >= 4 is 31.0 Å². The summed E-state index contributed by atoms with van der Waals surface area (Å²) in [5, 5.41) is 17.8. The number of aliphatic hydroxyl groups excluding tert-OH is 1. The normalized spacial score (nSPS) is 23.1. The highest BCUT2D eigenvalue weighted by Gasteiger charge is 2.65. The average molecular weight is 720 g/mol. The zero-order valence-electron chi connectivity index (χ0n) is 29.5. The Labute approximate surface area is 305 Å². The van der Waals surface area contributed by atoms with Crippen LogP contribution in [0, 0.1) is 0 Å². The van der Waals surface area contributed by atoms with Crippen molar-refractivity contribution in [2.24, 2.45) is 5.11 Å². The van der Waals surface area contributed by atoms with Gasteiger partial charge in [0.05, 0.1) is 29.9 Å². The number of hydrogen-bond acceptors (Lipinski definition) is 8. The standard InChI is InChI=1S/C40H43N4O7Si/c1-39(2,3)50-27-33-34(45)35(48-26-28-16-7-4-8-17-28)36(44-37(46)31-22-13-14-23-32(31)38(44)47)40(51-33,49-25-15-24-42-43-41)52(29-18-9-5-10-19-29)30-20-11-6-12-21-30/h4-14,16-23,33-36,45H,15,24-27H2,1-3H3/t33-,34-,35+,36-,40+/m1/s1. The van der Waals surface area contributed by atoms with E-state index in [4.69, 9.17) is 24.5 Å². The van der Waals surface area contributed by atoms with Gasteiger partial charge in [-0.2, -0.15) is 0 Å². The Hall–Kier alpha value is -4.65. The molecule has 0 bridgehead atoms. The second kappa shape index (κ2) is 16.4. The summed E-state index contributed by atoms with van der Waals surface area (Å²) in [6.45, 7) is 5.96. The van der Waals surface area contributed by atoms with Gasteiger partial charge in [-0.05, 0) is 50.4 Å². The summed E-state index contributed by atoms with van der Waals surface area (Å²) in [5.41, 5.74) is 7.99. The Balaban J connectivity index is 1.60. The van der Waals surface area contributed by atoms with Gasteiger partial charge in [-0.1, -0.05) is 119 Å². The lowest BCUT2D eigenvalue weighted by molar-refractivity contribution is -0.317. The topological polar surface area (TPSA) is 143 Å². The van der Waals surface area contributed by atoms with E-state index >= 15 is 0 Å². The van der Waals surface area contributed by atoms with Crippen molar-refractivity contribution in [3.05, 3.63) is 142 Å². The van der Waals surface area contributed by atoms with Crippen molar-refractivity contribution in [1.29, 1.82) is 0 Å². The van der Waals surface area contributed by atoms with E-state index in [1.165, 1.54) is 4.90 Å². The molecule has 0 aromatic heterocycles. The molecule has 0 aliphatic carbocycles. The van der Waals surface area contributed by atoms with E-state index < -0.39 is 56.0 Å². The minimum absolute atomic E-state index is 0.0345. The zero-order valence-corrected chi connectivity index (χ0v) is 30.5. The predicted octanol–water partition coefficient (Wildman–Crippen LogP) is 5.07. The smallest absolute Gasteiger partial charge is 0.262 e. The molecule has 2 heterocycles.